The molecule has 0 atom stereocenters. The normalized spacial score (nSPS) is 10.1. The zero-order valence-corrected chi connectivity index (χ0v) is 11.6. The first-order valence-corrected chi connectivity index (χ1v) is 6.19. The molecule has 0 radical (unpaired) electrons. The van der Waals surface area contributed by atoms with Crippen LogP contribution in [0.4, 0.5) is 5.69 Å². The van der Waals surface area contributed by atoms with Crippen molar-refractivity contribution >= 4 is 23.3 Å². The summed E-state index contributed by atoms with van der Waals surface area (Å²) in [5.41, 5.74) is 7.02. The van der Waals surface area contributed by atoms with E-state index in [1.165, 1.54) is 19.2 Å². The molecular weight excluding hydrogens is 280 g/mol. The summed E-state index contributed by atoms with van der Waals surface area (Å²) in [6, 6.07) is 8.08. The number of methoxy groups -OCH3 is 1. The van der Waals surface area contributed by atoms with Gasteiger partial charge >= 0.3 is 5.97 Å². The molecule has 1 aromatic heterocycles. The Bertz CT molecular complexity index is 611. The second kappa shape index (κ2) is 6.25. The average Bonchev–Trinajstić information content (AvgIpc) is 2.44. The predicted octanol–water partition coefficient (Wildman–Crippen LogP) is 2.68. The van der Waals surface area contributed by atoms with Crippen molar-refractivity contribution in [3.8, 4) is 5.88 Å². The minimum Gasteiger partial charge on any atom is -0.481 e. The molecule has 0 bridgehead atoms. The highest BCUT2D eigenvalue weighted by molar-refractivity contribution is 6.31. The predicted molar refractivity (Wildman–Crippen MR) is 75.8 cm³/mol. The van der Waals surface area contributed by atoms with E-state index in [9.17, 15) is 4.79 Å². The number of carbonyl (C=O) groups is 1. The molecule has 0 aliphatic heterocycles. The van der Waals surface area contributed by atoms with E-state index < -0.39 is 5.97 Å². The number of nitrogen functional groups attached to an aromatic ring is 1. The summed E-state index contributed by atoms with van der Waals surface area (Å²) in [6.07, 6.45) is 1.60. The molecule has 0 saturated heterocycles. The van der Waals surface area contributed by atoms with E-state index in [-0.39, 0.29) is 6.61 Å². The number of carbonyl (C=O) groups excluding carboxylic acids is 1. The van der Waals surface area contributed by atoms with Gasteiger partial charge in [-0.3, -0.25) is 0 Å². The van der Waals surface area contributed by atoms with Crippen LogP contribution in [0.3, 0.4) is 0 Å². The molecule has 0 unspecified atom stereocenters. The number of esters is 1. The van der Waals surface area contributed by atoms with Gasteiger partial charge in [0.05, 0.1) is 18.2 Å². The lowest BCUT2D eigenvalue weighted by Crippen LogP contribution is -2.07. The fraction of sp³-hybridized carbons (Fsp3) is 0.143. The molecule has 2 aromatic rings. The van der Waals surface area contributed by atoms with Crippen molar-refractivity contribution in [2.45, 2.75) is 6.61 Å². The van der Waals surface area contributed by atoms with Gasteiger partial charge in [-0.05, 0) is 30.3 Å². The van der Waals surface area contributed by atoms with Gasteiger partial charge in [0.2, 0.25) is 5.88 Å². The molecule has 1 heterocycles. The van der Waals surface area contributed by atoms with Crippen LogP contribution in [0.5, 0.6) is 5.88 Å². The third-order valence-corrected chi connectivity index (χ3v) is 2.78. The van der Waals surface area contributed by atoms with Gasteiger partial charge in [0.1, 0.15) is 6.61 Å². The molecule has 20 heavy (non-hydrogen) atoms. The molecule has 5 nitrogen and oxygen atoms in total. The minimum absolute atomic E-state index is 0.0578. The van der Waals surface area contributed by atoms with E-state index >= 15 is 0 Å². The second-order valence-electron chi connectivity index (χ2n) is 4.02. The monoisotopic (exact) mass is 292 g/mol. The van der Waals surface area contributed by atoms with Crippen LogP contribution in [0, 0.1) is 0 Å². The van der Waals surface area contributed by atoms with Gasteiger partial charge in [0, 0.05) is 16.9 Å². The molecular formula is C14H13ClN2O3. The Balaban J connectivity index is 2.08. The largest absolute Gasteiger partial charge is 0.481 e. The van der Waals surface area contributed by atoms with Crippen LogP contribution in [0.25, 0.3) is 0 Å². The van der Waals surface area contributed by atoms with Gasteiger partial charge in [-0.25, -0.2) is 9.78 Å². The Morgan fingerprint density at radius 2 is 2.20 bits per heavy atom. The first-order chi connectivity index (χ1) is 9.60. The van der Waals surface area contributed by atoms with Crippen molar-refractivity contribution in [3.63, 3.8) is 0 Å². The lowest BCUT2D eigenvalue weighted by molar-refractivity contribution is 0.0469. The number of nitrogens with zero attached hydrogens (tertiary/aromatic N) is 1. The van der Waals surface area contributed by atoms with Crippen LogP contribution < -0.4 is 10.5 Å². The molecule has 104 valence electrons. The van der Waals surface area contributed by atoms with Gasteiger partial charge in [-0.2, -0.15) is 0 Å². The zero-order valence-electron chi connectivity index (χ0n) is 10.8. The number of pyridine rings is 1. The molecule has 0 spiro atoms. The summed E-state index contributed by atoms with van der Waals surface area (Å²) in [5.74, 6) is -0.0870. The quantitative estimate of drug-likeness (QED) is 0.693. The highest BCUT2D eigenvalue weighted by atomic mass is 35.5. The van der Waals surface area contributed by atoms with Crippen LogP contribution >= 0.6 is 11.6 Å². The highest BCUT2D eigenvalue weighted by Crippen LogP contribution is 2.19. The fourth-order valence-electron chi connectivity index (χ4n) is 1.67. The molecule has 0 aliphatic rings. The van der Waals surface area contributed by atoms with E-state index in [1.807, 2.05) is 0 Å². The lowest BCUT2D eigenvalue weighted by atomic mass is 10.2. The number of hydrogen-bond donors (Lipinski definition) is 1. The standard InChI is InChI=1S/C14H13ClN2O3/c1-19-13-9(3-2-4-17-13)8-20-14(18)10-5-11(15)7-12(16)6-10/h2-7H,8,16H2,1H3. The Morgan fingerprint density at radius 1 is 1.40 bits per heavy atom. The van der Waals surface area contributed by atoms with Crippen molar-refractivity contribution in [1.29, 1.82) is 0 Å². The Labute approximate surface area is 121 Å². The number of aromatic nitrogens is 1. The maximum atomic E-state index is 11.9. The Morgan fingerprint density at radius 3 is 2.90 bits per heavy atom. The molecule has 6 heteroatoms. The van der Waals surface area contributed by atoms with Gasteiger partial charge < -0.3 is 15.2 Å². The van der Waals surface area contributed by atoms with Crippen LogP contribution in [0.15, 0.2) is 36.5 Å². The number of nitrogens with two attached hydrogens (primary N) is 1. The maximum Gasteiger partial charge on any atom is 0.338 e. The van der Waals surface area contributed by atoms with E-state index in [0.717, 1.165) is 0 Å². The summed E-state index contributed by atoms with van der Waals surface area (Å²) in [4.78, 5) is 15.9. The molecule has 0 saturated carbocycles. The Hall–Kier alpha value is -2.27. The van der Waals surface area contributed by atoms with Crippen LogP contribution in [-0.4, -0.2) is 18.1 Å². The van der Waals surface area contributed by atoms with Gasteiger partial charge in [-0.1, -0.05) is 11.6 Å². The maximum absolute atomic E-state index is 11.9. The van der Waals surface area contributed by atoms with Gasteiger partial charge in [0.25, 0.3) is 0 Å². The molecule has 2 N–H and O–H groups in total. The summed E-state index contributed by atoms with van der Waals surface area (Å²) >= 11 is 5.84. The zero-order chi connectivity index (χ0) is 14.5. The van der Waals surface area contributed by atoms with Crippen LogP contribution in [0.1, 0.15) is 15.9 Å². The van der Waals surface area contributed by atoms with E-state index in [2.05, 4.69) is 4.98 Å². The third kappa shape index (κ3) is 3.39. The summed E-state index contributed by atoms with van der Waals surface area (Å²) in [6.45, 7) is 0.0578. The topological polar surface area (TPSA) is 74.4 Å². The highest BCUT2D eigenvalue weighted by Gasteiger charge is 2.11. The first-order valence-electron chi connectivity index (χ1n) is 5.81. The molecule has 0 amide bonds. The third-order valence-electron chi connectivity index (χ3n) is 2.56. The summed E-state index contributed by atoms with van der Waals surface area (Å²) in [7, 11) is 1.51. The van der Waals surface area contributed by atoms with Gasteiger partial charge in [-0.15, -0.1) is 0 Å². The number of halogens is 1. The Kier molecular flexibility index (Phi) is 4.42. The summed E-state index contributed by atoms with van der Waals surface area (Å²) in [5, 5.41) is 0.385. The number of ether oxygens (including phenoxy) is 2. The molecule has 0 fully saturated rings. The first kappa shape index (κ1) is 14.1. The van der Waals surface area contributed by atoms with Crippen molar-refractivity contribution in [2.24, 2.45) is 0 Å². The van der Waals surface area contributed by atoms with Gasteiger partial charge in [0.15, 0.2) is 0 Å². The molecule has 1 aromatic carbocycles. The van der Waals surface area contributed by atoms with Crippen LogP contribution in [0.2, 0.25) is 5.02 Å². The van der Waals surface area contributed by atoms with Crippen molar-refractivity contribution < 1.29 is 14.3 Å². The number of rotatable bonds is 4. The van der Waals surface area contributed by atoms with E-state index in [4.69, 9.17) is 26.8 Å². The second-order valence-corrected chi connectivity index (χ2v) is 4.46. The van der Waals surface area contributed by atoms with E-state index in [1.54, 1.807) is 24.4 Å². The minimum atomic E-state index is -0.509. The van der Waals surface area contributed by atoms with Crippen LogP contribution in [-0.2, 0) is 11.3 Å². The SMILES string of the molecule is COc1ncccc1COC(=O)c1cc(N)cc(Cl)c1. The van der Waals surface area contributed by atoms with Crippen molar-refractivity contribution in [3.05, 3.63) is 52.7 Å². The smallest absolute Gasteiger partial charge is 0.338 e. The summed E-state index contributed by atoms with van der Waals surface area (Å²) < 4.78 is 10.3. The van der Waals surface area contributed by atoms with Crippen molar-refractivity contribution in [2.75, 3.05) is 12.8 Å². The lowest BCUT2D eigenvalue weighted by Gasteiger charge is -2.08. The van der Waals surface area contributed by atoms with Crippen molar-refractivity contribution in [1.82, 2.24) is 4.98 Å². The molecule has 2 rings (SSSR count). The molecule has 0 aliphatic carbocycles. The average molecular weight is 293 g/mol. The fourth-order valence-corrected chi connectivity index (χ4v) is 1.92. The number of hydrogen-bond acceptors (Lipinski definition) is 5. The van der Waals surface area contributed by atoms with E-state index in [0.29, 0.717) is 27.7 Å². The number of benzene rings is 1. The number of anilines is 1.